The largest absolute Gasteiger partial charge is 0.497 e. The smallest absolute Gasteiger partial charge is 0.163 e. The maximum Gasteiger partial charge on any atom is 0.163 e. The van der Waals surface area contributed by atoms with Gasteiger partial charge >= 0.3 is 0 Å². The molecule has 5 rings (SSSR count). The lowest BCUT2D eigenvalue weighted by Crippen LogP contribution is -2.33. The van der Waals surface area contributed by atoms with Crippen LogP contribution in [0.15, 0.2) is 84.1 Å². The van der Waals surface area contributed by atoms with Crippen molar-refractivity contribution in [2.24, 2.45) is 0 Å². The monoisotopic (exact) mass is 440 g/mol. The van der Waals surface area contributed by atoms with E-state index in [1.807, 2.05) is 42.5 Å². The van der Waals surface area contributed by atoms with E-state index in [0.29, 0.717) is 13.0 Å². The zero-order valence-corrected chi connectivity index (χ0v) is 19.0. The Morgan fingerprint density at radius 2 is 1.67 bits per heavy atom. The third kappa shape index (κ3) is 3.95. The van der Waals surface area contributed by atoms with Crippen LogP contribution in [0, 0.1) is 0 Å². The molecule has 0 radical (unpaired) electrons. The number of methoxy groups -OCH3 is 2. The highest BCUT2D eigenvalue weighted by molar-refractivity contribution is 6.00. The fourth-order valence-corrected chi connectivity index (χ4v) is 4.92. The second-order valence-corrected chi connectivity index (χ2v) is 8.43. The van der Waals surface area contributed by atoms with Crippen molar-refractivity contribution >= 4 is 17.2 Å². The summed E-state index contributed by atoms with van der Waals surface area (Å²) in [5, 5.41) is 3.62. The Hall–Kier alpha value is -3.73. The molecule has 1 atom stereocenters. The van der Waals surface area contributed by atoms with Gasteiger partial charge in [0.1, 0.15) is 11.5 Å². The van der Waals surface area contributed by atoms with Crippen LogP contribution in [-0.2, 0) is 11.3 Å². The predicted octanol–water partition coefficient (Wildman–Crippen LogP) is 5.88. The number of carbonyl (C=O) groups excluding carboxylic acids is 1. The molecule has 1 N–H and O–H groups in total. The molecule has 1 heterocycles. The predicted molar refractivity (Wildman–Crippen MR) is 131 cm³/mol. The van der Waals surface area contributed by atoms with Crippen LogP contribution in [0.3, 0.4) is 0 Å². The zero-order valence-electron chi connectivity index (χ0n) is 19.0. The Balaban J connectivity index is 1.72. The number of rotatable bonds is 5. The Kier molecular flexibility index (Phi) is 5.78. The molecular weight excluding hydrogens is 412 g/mol. The molecule has 0 aromatic heterocycles. The lowest BCUT2D eigenvalue weighted by atomic mass is 9.85. The van der Waals surface area contributed by atoms with E-state index >= 15 is 0 Å². The summed E-state index contributed by atoms with van der Waals surface area (Å²) in [4.78, 5) is 15.7. The average Bonchev–Trinajstić information content (AvgIpc) is 2.99. The number of allylic oxidation sites excluding steroid dienone is 1. The molecule has 0 saturated heterocycles. The molecule has 1 aliphatic heterocycles. The summed E-state index contributed by atoms with van der Waals surface area (Å²) in [5.74, 6) is 1.81. The van der Waals surface area contributed by atoms with Crippen molar-refractivity contribution in [3.05, 3.63) is 95.2 Å². The van der Waals surface area contributed by atoms with Gasteiger partial charge in [0.25, 0.3) is 0 Å². The Morgan fingerprint density at radius 3 is 2.45 bits per heavy atom. The number of ether oxygens (including phenoxy) is 2. The molecule has 2 aliphatic rings. The average molecular weight is 441 g/mol. The van der Waals surface area contributed by atoms with Crippen molar-refractivity contribution < 1.29 is 14.3 Å². The van der Waals surface area contributed by atoms with Crippen molar-refractivity contribution in [3.63, 3.8) is 0 Å². The number of para-hydroxylation sites is 3. The van der Waals surface area contributed by atoms with Gasteiger partial charge in [-0.25, -0.2) is 0 Å². The van der Waals surface area contributed by atoms with E-state index in [2.05, 4.69) is 40.5 Å². The third-order valence-electron chi connectivity index (χ3n) is 6.49. The topological polar surface area (TPSA) is 50.8 Å². The molecular formula is C28H28N2O3. The summed E-state index contributed by atoms with van der Waals surface area (Å²) >= 11 is 0. The summed E-state index contributed by atoms with van der Waals surface area (Å²) in [6.07, 6.45) is 2.29. The van der Waals surface area contributed by atoms with Crippen LogP contribution >= 0.6 is 0 Å². The van der Waals surface area contributed by atoms with Crippen LogP contribution < -0.4 is 19.7 Å². The third-order valence-corrected chi connectivity index (χ3v) is 6.49. The minimum Gasteiger partial charge on any atom is -0.497 e. The number of benzene rings is 3. The van der Waals surface area contributed by atoms with Gasteiger partial charge in [0.05, 0.1) is 31.6 Å². The number of anilines is 2. The van der Waals surface area contributed by atoms with Gasteiger partial charge in [0, 0.05) is 29.8 Å². The van der Waals surface area contributed by atoms with Crippen LogP contribution in [-0.4, -0.2) is 20.0 Å². The van der Waals surface area contributed by atoms with Gasteiger partial charge in [-0.1, -0.05) is 42.5 Å². The molecule has 5 nitrogen and oxygen atoms in total. The molecule has 5 heteroatoms. The standard InChI is InChI=1S/C28H28N2O3/c1-32-20-16-14-19(15-17-20)18-30-24-11-5-4-9-22(24)29-23-10-7-12-25(31)27(23)28(30)21-8-3-6-13-26(21)33-2/h3-6,8-9,11,13-17,28-29H,7,10,12,18H2,1-2H3/t28-/m0/s1. The summed E-state index contributed by atoms with van der Waals surface area (Å²) < 4.78 is 11.1. The van der Waals surface area contributed by atoms with E-state index < -0.39 is 0 Å². The lowest BCUT2D eigenvalue weighted by molar-refractivity contribution is -0.116. The van der Waals surface area contributed by atoms with E-state index in [1.54, 1.807) is 14.2 Å². The minimum absolute atomic E-state index is 0.201. The maximum atomic E-state index is 13.4. The van der Waals surface area contributed by atoms with Crippen molar-refractivity contribution in [3.8, 4) is 11.5 Å². The van der Waals surface area contributed by atoms with E-state index in [-0.39, 0.29) is 11.8 Å². The highest BCUT2D eigenvalue weighted by Gasteiger charge is 2.37. The highest BCUT2D eigenvalue weighted by Crippen LogP contribution is 2.47. The van der Waals surface area contributed by atoms with Gasteiger partial charge in [0.2, 0.25) is 0 Å². The molecule has 0 saturated carbocycles. The van der Waals surface area contributed by atoms with Crippen LogP contribution in [0.1, 0.15) is 36.4 Å². The summed E-state index contributed by atoms with van der Waals surface area (Å²) in [6.45, 7) is 0.634. The summed E-state index contributed by atoms with van der Waals surface area (Å²) in [7, 11) is 3.36. The normalized spacial score (nSPS) is 17.6. The van der Waals surface area contributed by atoms with Crippen molar-refractivity contribution in [1.29, 1.82) is 0 Å². The van der Waals surface area contributed by atoms with Gasteiger partial charge in [-0.05, 0) is 48.7 Å². The highest BCUT2D eigenvalue weighted by atomic mass is 16.5. The van der Waals surface area contributed by atoms with Crippen LogP contribution in [0.2, 0.25) is 0 Å². The van der Waals surface area contributed by atoms with E-state index in [1.165, 1.54) is 0 Å². The molecule has 0 fully saturated rings. The second-order valence-electron chi connectivity index (χ2n) is 8.43. The first-order valence-electron chi connectivity index (χ1n) is 11.3. The number of carbonyl (C=O) groups is 1. The number of Topliss-reactive ketones (excluding diaryl/α,β-unsaturated/α-hetero) is 1. The minimum atomic E-state index is -0.262. The first-order valence-corrected chi connectivity index (χ1v) is 11.3. The lowest BCUT2D eigenvalue weighted by Gasteiger charge is -2.36. The van der Waals surface area contributed by atoms with Gasteiger partial charge in [0.15, 0.2) is 5.78 Å². The fraction of sp³-hybridized carbons (Fsp3) is 0.250. The molecule has 33 heavy (non-hydrogen) atoms. The van der Waals surface area contributed by atoms with Crippen LogP contribution in [0.4, 0.5) is 11.4 Å². The number of hydrogen-bond acceptors (Lipinski definition) is 5. The Morgan fingerprint density at radius 1 is 0.909 bits per heavy atom. The molecule has 0 bridgehead atoms. The molecule has 0 amide bonds. The summed E-state index contributed by atoms with van der Waals surface area (Å²) in [5.41, 5.74) is 6.08. The molecule has 1 aliphatic carbocycles. The Labute approximate surface area is 194 Å². The number of nitrogens with zero attached hydrogens (tertiary/aromatic N) is 1. The van der Waals surface area contributed by atoms with E-state index in [0.717, 1.165) is 58.1 Å². The number of hydrogen-bond donors (Lipinski definition) is 1. The quantitative estimate of drug-likeness (QED) is 0.537. The maximum absolute atomic E-state index is 13.4. The van der Waals surface area contributed by atoms with Gasteiger partial charge in [-0.2, -0.15) is 0 Å². The zero-order chi connectivity index (χ0) is 22.8. The fourth-order valence-electron chi connectivity index (χ4n) is 4.92. The molecule has 3 aromatic carbocycles. The number of fused-ring (bicyclic) bond motifs is 1. The number of ketones is 1. The second kappa shape index (κ2) is 9.02. The SMILES string of the molecule is COc1ccc(CN2c3ccccc3NC3=C(C(=O)CCC3)[C@@H]2c2ccccc2OC)cc1. The van der Waals surface area contributed by atoms with Gasteiger partial charge in [-0.3, -0.25) is 4.79 Å². The van der Waals surface area contributed by atoms with Crippen LogP contribution in [0.5, 0.6) is 11.5 Å². The van der Waals surface area contributed by atoms with Crippen molar-refractivity contribution in [2.45, 2.75) is 31.8 Å². The van der Waals surface area contributed by atoms with E-state index in [4.69, 9.17) is 9.47 Å². The molecule has 168 valence electrons. The first-order chi connectivity index (χ1) is 16.2. The first kappa shape index (κ1) is 21.1. The van der Waals surface area contributed by atoms with Crippen LogP contribution in [0.25, 0.3) is 0 Å². The van der Waals surface area contributed by atoms with Gasteiger partial charge in [-0.15, -0.1) is 0 Å². The number of nitrogens with one attached hydrogen (secondary N) is 1. The van der Waals surface area contributed by atoms with Crippen molar-refractivity contribution in [2.75, 3.05) is 24.4 Å². The van der Waals surface area contributed by atoms with E-state index in [9.17, 15) is 4.79 Å². The molecule has 0 spiro atoms. The summed E-state index contributed by atoms with van der Waals surface area (Å²) in [6, 6.07) is 24.2. The van der Waals surface area contributed by atoms with Gasteiger partial charge < -0.3 is 19.7 Å². The van der Waals surface area contributed by atoms with Crippen molar-refractivity contribution in [1.82, 2.24) is 0 Å². The molecule has 3 aromatic rings. The Bertz CT molecular complexity index is 1200. The molecule has 0 unspecified atom stereocenters.